The van der Waals surface area contributed by atoms with Crippen molar-refractivity contribution >= 4 is 39.1 Å². The predicted molar refractivity (Wildman–Crippen MR) is 103 cm³/mol. The molecule has 0 bridgehead atoms. The summed E-state index contributed by atoms with van der Waals surface area (Å²) in [6.45, 7) is -0.549. The first-order valence-electron chi connectivity index (χ1n) is 8.76. The Morgan fingerprint density at radius 1 is 1.11 bits per heavy atom. The van der Waals surface area contributed by atoms with Crippen LogP contribution in [0.1, 0.15) is 24.3 Å². The van der Waals surface area contributed by atoms with Crippen molar-refractivity contribution in [2.45, 2.75) is 25.7 Å². The third-order valence-electron chi connectivity index (χ3n) is 3.93. The average molecular weight is 404 g/mol. The Balaban J connectivity index is 1.35. The number of ether oxygens (including phenoxy) is 1. The van der Waals surface area contributed by atoms with E-state index in [-0.39, 0.29) is 12.1 Å². The second kappa shape index (κ2) is 9.36. The molecule has 0 fully saturated rings. The standard InChI is InChI=1S/C20H18F2N2O3S/c21-13-9-10-14(22)16(11-13)23-18(25)12-27-20(26)8-4-3-7-19-24-15-5-1-2-6-17(15)28-19/h1-2,5-6,9-11H,3-4,7-8,12H2,(H,23,25). The largest absolute Gasteiger partial charge is 0.456 e. The van der Waals surface area contributed by atoms with Crippen LogP contribution >= 0.6 is 11.3 Å². The number of nitrogens with one attached hydrogen (secondary N) is 1. The van der Waals surface area contributed by atoms with Gasteiger partial charge in [-0.2, -0.15) is 0 Å². The highest BCUT2D eigenvalue weighted by molar-refractivity contribution is 7.18. The van der Waals surface area contributed by atoms with Gasteiger partial charge in [-0.15, -0.1) is 11.3 Å². The van der Waals surface area contributed by atoms with E-state index in [9.17, 15) is 18.4 Å². The Morgan fingerprint density at radius 3 is 2.75 bits per heavy atom. The lowest BCUT2D eigenvalue weighted by Gasteiger charge is -2.07. The number of halogens is 2. The molecule has 0 aliphatic heterocycles. The van der Waals surface area contributed by atoms with Gasteiger partial charge in [-0.3, -0.25) is 9.59 Å². The Hall–Kier alpha value is -2.87. The lowest BCUT2D eigenvalue weighted by atomic mass is 10.2. The molecule has 3 aromatic rings. The first kappa shape index (κ1) is 19.9. The first-order chi connectivity index (χ1) is 13.5. The zero-order chi connectivity index (χ0) is 19.9. The van der Waals surface area contributed by atoms with E-state index in [0.717, 1.165) is 46.3 Å². The second-order valence-corrected chi connectivity index (χ2v) is 7.23. The third-order valence-corrected chi connectivity index (χ3v) is 5.02. The minimum Gasteiger partial charge on any atom is -0.456 e. The Morgan fingerprint density at radius 2 is 1.93 bits per heavy atom. The van der Waals surface area contributed by atoms with Crippen molar-refractivity contribution in [2.75, 3.05) is 11.9 Å². The zero-order valence-corrected chi connectivity index (χ0v) is 15.7. The maximum absolute atomic E-state index is 13.4. The number of benzene rings is 2. The molecule has 0 unspecified atom stereocenters. The van der Waals surface area contributed by atoms with Crippen molar-refractivity contribution in [1.82, 2.24) is 4.98 Å². The predicted octanol–water partition coefficient (Wildman–Crippen LogP) is 4.47. The number of rotatable bonds is 8. The van der Waals surface area contributed by atoms with Gasteiger partial charge in [0.15, 0.2) is 6.61 Å². The van der Waals surface area contributed by atoms with Crippen molar-refractivity contribution in [3.8, 4) is 0 Å². The maximum Gasteiger partial charge on any atom is 0.306 e. The van der Waals surface area contributed by atoms with E-state index < -0.39 is 30.1 Å². The maximum atomic E-state index is 13.4. The van der Waals surface area contributed by atoms with Gasteiger partial charge in [-0.25, -0.2) is 13.8 Å². The van der Waals surface area contributed by atoms with Gasteiger partial charge in [-0.1, -0.05) is 12.1 Å². The normalized spacial score (nSPS) is 10.8. The summed E-state index contributed by atoms with van der Waals surface area (Å²) in [5.74, 6) is -2.69. The van der Waals surface area contributed by atoms with E-state index in [1.54, 1.807) is 11.3 Å². The summed E-state index contributed by atoms with van der Waals surface area (Å²) in [7, 11) is 0. The van der Waals surface area contributed by atoms with Crippen molar-refractivity contribution in [2.24, 2.45) is 0 Å². The molecule has 1 heterocycles. The fraction of sp³-hybridized carbons (Fsp3) is 0.250. The monoisotopic (exact) mass is 404 g/mol. The number of hydrogen-bond acceptors (Lipinski definition) is 5. The minimum absolute atomic E-state index is 0.173. The van der Waals surface area contributed by atoms with Crippen LogP contribution in [0.4, 0.5) is 14.5 Å². The van der Waals surface area contributed by atoms with Crippen LogP contribution < -0.4 is 5.32 Å². The second-order valence-electron chi connectivity index (χ2n) is 6.12. The van der Waals surface area contributed by atoms with Gasteiger partial charge < -0.3 is 10.1 Å². The Kier molecular flexibility index (Phi) is 6.65. The van der Waals surface area contributed by atoms with Gasteiger partial charge in [0.1, 0.15) is 11.6 Å². The third kappa shape index (κ3) is 5.56. The molecular formula is C20H18F2N2O3S. The Bertz CT molecular complexity index is 957. The number of unbranched alkanes of at least 4 members (excludes halogenated alkanes) is 1. The highest BCUT2D eigenvalue weighted by Gasteiger charge is 2.11. The molecule has 146 valence electrons. The Labute approximate surface area is 164 Å². The number of carbonyl (C=O) groups excluding carboxylic acids is 2. The van der Waals surface area contributed by atoms with Crippen LogP contribution in [0.25, 0.3) is 10.2 Å². The molecule has 1 amide bonds. The van der Waals surface area contributed by atoms with Crippen LogP contribution in [0.5, 0.6) is 0 Å². The van der Waals surface area contributed by atoms with Crippen LogP contribution in [0.3, 0.4) is 0 Å². The number of aromatic nitrogens is 1. The molecule has 28 heavy (non-hydrogen) atoms. The van der Waals surface area contributed by atoms with E-state index in [2.05, 4.69) is 10.3 Å². The molecule has 0 atom stereocenters. The fourth-order valence-electron chi connectivity index (χ4n) is 2.57. The summed E-state index contributed by atoms with van der Waals surface area (Å²) in [6, 6.07) is 10.6. The average Bonchev–Trinajstić information content (AvgIpc) is 3.09. The molecule has 2 aromatic carbocycles. The van der Waals surface area contributed by atoms with Crippen LogP contribution in [0, 0.1) is 11.6 Å². The molecule has 0 saturated carbocycles. The number of anilines is 1. The summed E-state index contributed by atoms with van der Waals surface area (Å²) in [6.07, 6.45) is 2.32. The van der Waals surface area contributed by atoms with Crippen LogP contribution in [0.2, 0.25) is 0 Å². The summed E-state index contributed by atoms with van der Waals surface area (Å²) in [5, 5.41) is 3.19. The number of nitrogens with zero attached hydrogens (tertiary/aromatic N) is 1. The van der Waals surface area contributed by atoms with Crippen molar-refractivity contribution in [1.29, 1.82) is 0 Å². The van der Waals surface area contributed by atoms with Crippen molar-refractivity contribution < 1.29 is 23.1 Å². The molecule has 8 heteroatoms. The molecule has 0 saturated heterocycles. The molecule has 1 aromatic heterocycles. The number of para-hydroxylation sites is 1. The van der Waals surface area contributed by atoms with Gasteiger partial charge in [0.25, 0.3) is 5.91 Å². The van der Waals surface area contributed by atoms with Crippen molar-refractivity contribution in [3.63, 3.8) is 0 Å². The molecule has 5 nitrogen and oxygen atoms in total. The smallest absolute Gasteiger partial charge is 0.306 e. The van der Waals surface area contributed by atoms with E-state index in [0.29, 0.717) is 6.42 Å². The van der Waals surface area contributed by atoms with E-state index in [4.69, 9.17) is 4.74 Å². The first-order valence-corrected chi connectivity index (χ1v) is 9.58. The van der Waals surface area contributed by atoms with E-state index in [1.807, 2.05) is 24.3 Å². The topological polar surface area (TPSA) is 68.3 Å². The van der Waals surface area contributed by atoms with Crippen LogP contribution in [-0.4, -0.2) is 23.5 Å². The SMILES string of the molecule is O=C(COC(=O)CCCCc1nc2ccccc2s1)Nc1cc(F)ccc1F. The van der Waals surface area contributed by atoms with Gasteiger partial charge in [0.05, 0.1) is 20.9 Å². The molecule has 0 radical (unpaired) electrons. The van der Waals surface area contributed by atoms with Gasteiger partial charge in [0, 0.05) is 12.5 Å². The van der Waals surface area contributed by atoms with Gasteiger partial charge >= 0.3 is 5.97 Å². The quantitative estimate of drug-likeness (QED) is 0.444. The number of amides is 1. The summed E-state index contributed by atoms with van der Waals surface area (Å²) < 4.78 is 32.5. The van der Waals surface area contributed by atoms with Crippen LogP contribution in [-0.2, 0) is 20.7 Å². The molecule has 1 N–H and O–H groups in total. The number of thiazole rings is 1. The number of hydrogen-bond donors (Lipinski definition) is 1. The molecule has 0 aliphatic carbocycles. The lowest BCUT2D eigenvalue weighted by molar-refractivity contribution is -0.147. The van der Waals surface area contributed by atoms with Crippen LogP contribution in [0.15, 0.2) is 42.5 Å². The number of esters is 1. The van der Waals surface area contributed by atoms with Gasteiger partial charge in [0.2, 0.25) is 0 Å². The molecule has 0 aliphatic rings. The highest BCUT2D eigenvalue weighted by Crippen LogP contribution is 2.23. The van der Waals surface area contributed by atoms with E-state index >= 15 is 0 Å². The summed E-state index contributed by atoms with van der Waals surface area (Å²) >= 11 is 1.64. The molecule has 3 rings (SSSR count). The summed E-state index contributed by atoms with van der Waals surface area (Å²) in [4.78, 5) is 28.0. The summed E-state index contributed by atoms with van der Waals surface area (Å²) in [5.41, 5.74) is 0.680. The fourth-order valence-corrected chi connectivity index (χ4v) is 3.58. The van der Waals surface area contributed by atoms with Gasteiger partial charge in [-0.05, 0) is 43.5 Å². The number of carbonyl (C=O) groups is 2. The van der Waals surface area contributed by atoms with Crippen molar-refractivity contribution in [3.05, 3.63) is 59.1 Å². The molecular weight excluding hydrogens is 386 g/mol. The highest BCUT2D eigenvalue weighted by atomic mass is 32.1. The number of fused-ring (bicyclic) bond motifs is 1. The van der Waals surface area contributed by atoms with E-state index in [1.165, 1.54) is 0 Å². The molecule has 0 spiro atoms. The lowest BCUT2D eigenvalue weighted by Crippen LogP contribution is -2.21. The minimum atomic E-state index is -0.768. The zero-order valence-electron chi connectivity index (χ0n) is 14.9. The number of aryl methyl sites for hydroxylation is 1.